The maximum atomic E-state index is 12.5. The van der Waals surface area contributed by atoms with Crippen molar-refractivity contribution < 1.29 is 4.79 Å². The molecule has 2 saturated heterocycles. The highest BCUT2D eigenvalue weighted by molar-refractivity contribution is 5.75. The second-order valence-corrected chi connectivity index (χ2v) is 6.53. The van der Waals surface area contributed by atoms with E-state index in [1.54, 1.807) is 0 Å². The maximum absolute atomic E-state index is 12.5. The minimum atomic E-state index is 0.192. The van der Waals surface area contributed by atoms with Gasteiger partial charge in [0.2, 0.25) is 0 Å². The highest BCUT2D eigenvalue weighted by Crippen LogP contribution is 2.30. The quantitative estimate of drug-likeness (QED) is 0.819. The normalized spacial score (nSPS) is 33.8. The van der Waals surface area contributed by atoms with Crippen molar-refractivity contribution in [3.8, 4) is 0 Å². The first-order chi connectivity index (χ1) is 9.26. The SMILES string of the molecule is CCCN(C(=O)NC1CCC1)C1CC2CCC(C1)N2. The molecular formula is C15H27N3O. The highest BCUT2D eigenvalue weighted by Gasteiger charge is 2.37. The van der Waals surface area contributed by atoms with Gasteiger partial charge in [0.25, 0.3) is 0 Å². The van der Waals surface area contributed by atoms with E-state index in [2.05, 4.69) is 22.5 Å². The Morgan fingerprint density at radius 2 is 1.89 bits per heavy atom. The second-order valence-electron chi connectivity index (χ2n) is 6.53. The number of nitrogens with one attached hydrogen (secondary N) is 2. The van der Waals surface area contributed by atoms with Gasteiger partial charge in [0.05, 0.1) is 0 Å². The molecule has 4 heteroatoms. The summed E-state index contributed by atoms with van der Waals surface area (Å²) in [5, 5.41) is 6.88. The number of piperidine rings is 1. The number of carbonyl (C=O) groups is 1. The van der Waals surface area contributed by atoms with Crippen molar-refractivity contribution in [2.45, 2.75) is 82.5 Å². The number of rotatable bonds is 4. The molecule has 3 fully saturated rings. The second kappa shape index (κ2) is 5.70. The molecule has 108 valence electrons. The van der Waals surface area contributed by atoms with Crippen LogP contribution in [0, 0.1) is 0 Å². The van der Waals surface area contributed by atoms with E-state index in [0.717, 1.165) is 25.8 Å². The molecule has 0 radical (unpaired) electrons. The highest BCUT2D eigenvalue weighted by atomic mass is 16.2. The fraction of sp³-hybridized carbons (Fsp3) is 0.933. The smallest absolute Gasteiger partial charge is 0.317 e. The van der Waals surface area contributed by atoms with Crippen molar-refractivity contribution >= 4 is 6.03 Å². The molecule has 1 saturated carbocycles. The summed E-state index contributed by atoms with van der Waals surface area (Å²) in [6.45, 7) is 3.07. The molecule has 3 rings (SSSR count). The molecule has 2 atom stereocenters. The minimum absolute atomic E-state index is 0.192. The van der Waals surface area contributed by atoms with Crippen molar-refractivity contribution in [1.29, 1.82) is 0 Å². The Labute approximate surface area is 116 Å². The van der Waals surface area contributed by atoms with Crippen LogP contribution in [0.25, 0.3) is 0 Å². The number of carbonyl (C=O) groups excluding carboxylic acids is 1. The lowest BCUT2D eigenvalue weighted by molar-refractivity contribution is 0.139. The molecule has 0 aromatic rings. The van der Waals surface area contributed by atoms with Gasteiger partial charge in [-0.3, -0.25) is 0 Å². The van der Waals surface area contributed by atoms with E-state index in [1.165, 1.54) is 32.1 Å². The van der Waals surface area contributed by atoms with E-state index >= 15 is 0 Å². The van der Waals surface area contributed by atoms with E-state index in [9.17, 15) is 4.79 Å². The van der Waals surface area contributed by atoms with Crippen LogP contribution in [0.2, 0.25) is 0 Å². The Bertz CT molecular complexity index is 317. The molecule has 3 aliphatic rings. The largest absolute Gasteiger partial charge is 0.335 e. The molecule has 2 unspecified atom stereocenters. The summed E-state index contributed by atoms with van der Waals surface area (Å²) in [6.07, 6.45) is 9.56. The van der Waals surface area contributed by atoms with Crippen molar-refractivity contribution in [3.63, 3.8) is 0 Å². The van der Waals surface area contributed by atoms with Crippen LogP contribution in [0.3, 0.4) is 0 Å². The number of amides is 2. The number of urea groups is 1. The lowest BCUT2D eigenvalue weighted by atomic mass is 9.93. The van der Waals surface area contributed by atoms with Gasteiger partial charge in [-0.05, 0) is 51.4 Å². The molecular weight excluding hydrogens is 238 g/mol. The van der Waals surface area contributed by atoms with Crippen molar-refractivity contribution in [2.24, 2.45) is 0 Å². The fourth-order valence-corrected chi connectivity index (χ4v) is 3.78. The monoisotopic (exact) mass is 265 g/mol. The molecule has 0 aromatic carbocycles. The zero-order chi connectivity index (χ0) is 13.2. The van der Waals surface area contributed by atoms with Gasteiger partial charge in [0, 0.05) is 30.7 Å². The topological polar surface area (TPSA) is 44.4 Å². The summed E-state index contributed by atoms with van der Waals surface area (Å²) in [6, 6.07) is 2.40. The lowest BCUT2D eigenvalue weighted by Gasteiger charge is -2.39. The predicted octanol–water partition coefficient (Wildman–Crippen LogP) is 2.24. The molecule has 2 N–H and O–H groups in total. The van der Waals surface area contributed by atoms with Gasteiger partial charge in [-0.1, -0.05) is 6.92 Å². The predicted molar refractivity (Wildman–Crippen MR) is 76.1 cm³/mol. The van der Waals surface area contributed by atoms with E-state index in [0.29, 0.717) is 24.2 Å². The van der Waals surface area contributed by atoms with E-state index in [4.69, 9.17) is 0 Å². The van der Waals surface area contributed by atoms with Gasteiger partial charge in [-0.15, -0.1) is 0 Å². The average Bonchev–Trinajstić information content (AvgIpc) is 2.69. The third-order valence-electron chi connectivity index (χ3n) is 5.05. The summed E-state index contributed by atoms with van der Waals surface area (Å²) in [7, 11) is 0. The third kappa shape index (κ3) is 2.88. The first-order valence-corrected chi connectivity index (χ1v) is 8.09. The van der Waals surface area contributed by atoms with Crippen molar-refractivity contribution in [2.75, 3.05) is 6.54 Å². The zero-order valence-electron chi connectivity index (χ0n) is 12.0. The van der Waals surface area contributed by atoms with Crippen LogP contribution in [0.5, 0.6) is 0 Å². The van der Waals surface area contributed by atoms with Gasteiger partial charge in [-0.25, -0.2) is 4.79 Å². The molecule has 4 nitrogen and oxygen atoms in total. The Balaban J connectivity index is 1.60. The molecule has 2 heterocycles. The van der Waals surface area contributed by atoms with E-state index < -0.39 is 0 Å². The van der Waals surface area contributed by atoms with E-state index in [-0.39, 0.29) is 6.03 Å². The number of hydrogen-bond acceptors (Lipinski definition) is 2. The fourth-order valence-electron chi connectivity index (χ4n) is 3.78. The molecule has 0 aromatic heterocycles. The minimum Gasteiger partial charge on any atom is -0.335 e. The van der Waals surface area contributed by atoms with Gasteiger partial charge in [0.1, 0.15) is 0 Å². The Morgan fingerprint density at radius 3 is 2.42 bits per heavy atom. The van der Waals surface area contributed by atoms with Gasteiger partial charge >= 0.3 is 6.03 Å². The number of hydrogen-bond donors (Lipinski definition) is 2. The van der Waals surface area contributed by atoms with Crippen LogP contribution >= 0.6 is 0 Å². The third-order valence-corrected chi connectivity index (χ3v) is 5.05. The number of fused-ring (bicyclic) bond motifs is 2. The molecule has 0 spiro atoms. The molecule has 2 aliphatic heterocycles. The first-order valence-electron chi connectivity index (χ1n) is 8.09. The summed E-state index contributed by atoms with van der Waals surface area (Å²) in [5.41, 5.74) is 0. The van der Waals surface area contributed by atoms with Crippen LogP contribution in [0.1, 0.15) is 58.3 Å². The Morgan fingerprint density at radius 1 is 1.21 bits per heavy atom. The summed E-state index contributed by atoms with van der Waals surface area (Å²) >= 11 is 0. The Kier molecular flexibility index (Phi) is 3.96. The van der Waals surface area contributed by atoms with Crippen LogP contribution in [-0.4, -0.2) is 41.6 Å². The molecule has 19 heavy (non-hydrogen) atoms. The van der Waals surface area contributed by atoms with Crippen molar-refractivity contribution in [1.82, 2.24) is 15.5 Å². The molecule has 2 bridgehead atoms. The summed E-state index contributed by atoms with van der Waals surface area (Å²) in [4.78, 5) is 14.6. The molecule has 2 amide bonds. The lowest BCUT2D eigenvalue weighted by Crippen LogP contribution is -2.55. The standard InChI is InChI=1S/C15H27N3O/c1-2-8-18(15(19)17-11-4-3-5-11)14-9-12-6-7-13(10-14)16-12/h11-14,16H,2-10H2,1H3,(H,17,19). The van der Waals surface area contributed by atoms with Crippen LogP contribution in [0.15, 0.2) is 0 Å². The van der Waals surface area contributed by atoms with Crippen LogP contribution < -0.4 is 10.6 Å². The van der Waals surface area contributed by atoms with Gasteiger partial charge in [0.15, 0.2) is 0 Å². The average molecular weight is 265 g/mol. The van der Waals surface area contributed by atoms with Crippen LogP contribution in [0.4, 0.5) is 4.79 Å². The summed E-state index contributed by atoms with van der Waals surface area (Å²) in [5.74, 6) is 0. The molecule has 1 aliphatic carbocycles. The van der Waals surface area contributed by atoms with Gasteiger partial charge in [-0.2, -0.15) is 0 Å². The Hall–Kier alpha value is -0.770. The van der Waals surface area contributed by atoms with Crippen molar-refractivity contribution in [3.05, 3.63) is 0 Å². The maximum Gasteiger partial charge on any atom is 0.317 e. The van der Waals surface area contributed by atoms with E-state index in [1.807, 2.05) is 0 Å². The number of nitrogens with zero attached hydrogens (tertiary/aromatic N) is 1. The van der Waals surface area contributed by atoms with Gasteiger partial charge < -0.3 is 15.5 Å². The summed E-state index contributed by atoms with van der Waals surface area (Å²) < 4.78 is 0. The van der Waals surface area contributed by atoms with Crippen LogP contribution in [-0.2, 0) is 0 Å². The zero-order valence-corrected chi connectivity index (χ0v) is 12.0. The first kappa shape index (κ1) is 13.2.